The van der Waals surface area contributed by atoms with E-state index in [0.717, 1.165) is 35.4 Å². The summed E-state index contributed by atoms with van der Waals surface area (Å²) >= 11 is 0. The van der Waals surface area contributed by atoms with E-state index in [1.165, 1.54) is 134 Å². The number of benzene rings is 6. The molecule has 72 heavy (non-hydrogen) atoms. The van der Waals surface area contributed by atoms with Crippen molar-refractivity contribution in [2.24, 2.45) is 17.8 Å². The summed E-state index contributed by atoms with van der Waals surface area (Å²) in [5, 5.41) is 1.24. The molecular formula is C68H77BN2O. The number of rotatable bonds is 4. The molecule has 0 atom stereocenters. The maximum Gasteiger partial charge on any atom is 0.297 e. The number of anilines is 6. The summed E-state index contributed by atoms with van der Waals surface area (Å²) < 4.78 is 7.74. The van der Waals surface area contributed by atoms with Crippen LogP contribution in [0.25, 0.3) is 22.1 Å². The van der Waals surface area contributed by atoms with E-state index >= 15 is 0 Å². The van der Waals surface area contributed by atoms with E-state index in [4.69, 9.17) is 4.42 Å². The van der Waals surface area contributed by atoms with Gasteiger partial charge in [0.15, 0.2) is 0 Å². The molecule has 4 fully saturated rings. The van der Waals surface area contributed by atoms with Crippen LogP contribution < -0.4 is 26.4 Å². The summed E-state index contributed by atoms with van der Waals surface area (Å²) in [7, 11) is 0. The van der Waals surface area contributed by atoms with Crippen molar-refractivity contribution in [2.75, 3.05) is 9.80 Å². The van der Waals surface area contributed by atoms with Gasteiger partial charge in [0.25, 0.3) is 6.71 Å². The van der Waals surface area contributed by atoms with Crippen LogP contribution >= 0.6 is 0 Å². The molecule has 4 saturated carbocycles. The van der Waals surface area contributed by atoms with E-state index in [-0.39, 0.29) is 39.2 Å². The Morgan fingerprint density at radius 3 is 1.64 bits per heavy atom. The molecule has 3 nitrogen and oxygen atoms in total. The Kier molecular flexibility index (Phi) is 9.84. The zero-order valence-corrected chi connectivity index (χ0v) is 45.7. The van der Waals surface area contributed by atoms with E-state index in [1.54, 1.807) is 5.56 Å². The number of hydrogen-bond acceptors (Lipinski definition) is 3. The van der Waals surface area contributed by atoms with Gasteiger partial charge in [0.2, 0.25) is 0 Å². The van der Waals surface area contributed by atoms with Crippen molar-refractivity contribution < 1.29 is 4.42 Å². The molecule has 0 N–H and O–H groups in total. The van der Waals surface area contributed by atoms with Gasteiger partial charge in [-0.1, -0.05) is 151 Å². The number of hydrogen-bond donors (Lipinski definition) is 0. The van der Waals surface area contributed by atoms with E-state index < -0.39 is 0 Å². The second kappa shape index (κ2) is 15.3. The highest BCUT2D eigenvalue weighted by Crippen LogP contribution is 2.62. The summed E-state index contributed by atoms with van der Waals surface area (Å²) in [5.41, 5.74) is 23.5. The van der Waals surface area contributed by atoms with Crippen LogP contribution in [0.5, 0.6) is 0 Å². The van der Waals surface area contributed by atoms with Gasteiger partial charge in [-0.2, -0.15) is 0 Å². The minimum Gasteiger partial charge on any atom is -0.468 e. The first-order valence-corrected chi connectivity index (χ1v) is 27.8. The summed E-state index contributed by atoms with van der Waals surface area (Å²) in [5.74, 6) is 2.47. The molecule has 368 valence electrons. The predicted molar refractivity (Wildman–Crippen MR) is 307 cm³/mol. The summed E-state index contributed by atoms with van der Waals surface area (Å²) in [4.78, 5) is 5.41. The first-order chi connectivity index (χ1) is 34.0. The van der Waals surface area contributed by atoms with Gasteiger partial charge in [-0.3, -0.25) is 0 Å². The van der Waals surface area contributed by atoms with Gasteiger partial charge in [0, 0.05) is 33.7 Å². The van der Waals surface area contributed by atoms with Gasteiger partial charge in [-0.15, -0.1) is 0 Å². The molecule has 5 aliphatic carbocycles. The molecule has 3 heterocycles. The number of fused-ring (bicyclic) bond motifs is 7. The first kappa shape index (κ1) is 46.3. The highest BCUT2D eigenvalue weighted by atomic mass is 16.3. The monoisotopic (exact) mass is 949 g/mol. The van der Waals surface area contributed by atoms with Crippen molar-refractivity contribution in [1.29, 1.82) is 0 Å². The summed E-state index contributed by atoms with van der Waals surface area (Å²) in [6, 6.07) is 46.2. The Morgan fingerprint density at radius 1 is 0.528 bits per heavy atom. The van der Waals surface area contributed by atoms with Crippen LogP contribution in [0.3, 0.4) is 0 Å². The third-order valence-electron chi connectivity index (χ3n) is 19.3. The third kappa shape index (κ3) is 7.02. The van der Waals surface area contributed by atoms with Crippen LogP contribution in [0.1, 0.15) is 175 Å². The van der Waals surface area contributed by atoms with Gasteiger partial charge in [-0.25, -0.2) is 0 Å². The second-order valence-electron chi connectivity index (χ2n) is 28.4. The zero-order valence-electron chi connectivity index (χ0n) is 45.7. The molecular weight excluding hydrogens is 872 g/mol. The van der Waals surface area contributed by atoms with Crippen LogP contribution in [0.15, 0.2) is 120 Å². The normalized spacial score (nSPS) is 23.5. The predicted octanol–water partition coefficient (Wildman–Crippen LogP) is 16.9. The van der Waals surface area contributed by atoms with Crippen LogP contribution in [0.2, 0.25) is 0 Å². The van der Waals surface area contributed by atoms with Crippen molar-refractivity contribution >= 4 is 68.4 Å². The molecule has 14 rings (SSSR count). The molecule has 4 heteroatoms. The molecule has 7 aliphatic rings. The molecule has 2 aliphatic heterocycles. The number of nitrogens with zero attached hydrogens (tertiary/aromatic N) is 2. The molecule has 0 amide bonds. The van der Waals surface area contributed by atoms with Crippen LogP contribution in [-0.2, 0) is 32.5 Å². The summed E-state index contributed by atoms with van der Waals surface area (Å²) in [6.45, 7) is 30.9. The van der Waals surface area contributed by atoms with Gasteiger partial charge in [-0.05, 0) is 206 Å². The highest BCUT2D eigenvalue weighted by Gasteiger charge is 2.54. The van der Waals surface area contributed by atoms with E-state index in [2.05, 4.69) is 215 Å². The first-order valence-electron chi connectivity index (χ1n) is 27.8. The summed E-state index contributed by atoms with van der Waals surface area (Å²) in [6.07, 6.45) is 10.5. The lowest BCUT2D eigenvalue weighted by atomic mass is 9.35. The SMILES string of the molecule is CC(C)(C)c1ccc(N2c3cc(C45CC6CC(CC(C6)C4)C5)cc4c3B(c3cc(C(C)(C)C)ccc3N4c3ccc(C(C)(C)C)cc3-c3ccccc3)c3oc4cc5c(cc4c32)C(C)(C)CCC5(C)C)cc1. The fourth-order valence-corrected chi connectivity index (χ4v) is 15.5. The molecule has 0 radical (unpaired) electrons. The molecule has 6 aromatic carbocycles. The van der Waals surface area contributed by atoms with Crippen molar-refractivity contribution in [2.45, 2.75) is 174 Å². The van der Waals surface area contributed by atoms with Gasteiger partial charge in [0.1, 0.15) is 5.58 Å². The lowest BCUT2D eigenvalue weighted by Gasteiger charge is -2.57. The Balaban J connectivity index is 1.18. The Morgan fingerprint density at radius 2 is 1.06 bits per heavy atom. The van der Waals surface area contributed by atoms with Crippen LogP contribution in [-0.4, -0.2) is 6.71 Å². The van der Waals surface area contributed by atoms with Crippen molar-refractivity contribution in [3.8, 4) is 11.1 Å². The lowest BCUT2D eigenvalue weighted by molar-refractivity contribution is -0.00514. The molecule has 4 bridgehead atoms. The fourth-order valence-electron chi connectivity index (χ4n) is 15.5. The Hall–Kier alpha value is -5.48. The minimum absolute atomic E-state index is 0.0173. The van der Waals surface area contributed by atoms with Crippen molar-refractivity contribution in [3.05, 3.63) is 149 Å². The average molecular weight is 949 g/mol. The van der Waals surface area contributed by atoms with E-state index in [1.807, 2.05) is 0 Å². The topological polar surface area (TPSA) is 19.6 Å². The molecule has 7 aromatic rings. The van der Waals surface area contributed by atoms with Crippen LogP contribution in [0, 0.1) is 17.8 Å². The molecule has 0 saturated heterocycles. The maximum atomic E-state index is 7.74. The van der Waals surface area contributed by atoms with Gasteiger partial charge >= 0.3 is 0 Å². The standard InChI is InChI=1S/C68H77BN2O/c1-63(2,3)45-19-23-49(24-20-45)70-57-34-48(68-38-41-29-42(39-68)31-43(30-41)40-68)35-58-60(57)69(62-61(70)51-36-52-53(37-59(51)72-62)67(12,13)28-27-66(52,10)11)54-33-47(65(7,8)9)22-26-56(54)71(58)55-25-21-46(64(4,5)6)32-50(55)44-17-15-14-16-18-44/h14-26,32-37,41-43H,27-31,38-40H2,1-13H3. The van der Waals surface area contributed by atoms with E-state index in [9.17, 15) is 0 Å². The molecule has 1 aromatic heterocycles. The Bertz CT molecular complexity index is 3310. The van der Waals surface area contributed by atoms with E-state index in [0.29, 0.717) is 0 Å². The zero-order chi connectivity index (χ0) is 50.2. The second-order valence-corrected chi connectivity index (χ2v) is 28.4. The quantitative estimate of drug-likeness (QED) is 0.164. The van der Waals surface area contributed by atoms with Crippen molar-refractivity contribution in [1.82, 2.24) is 0 Å². The fraction of sp³-hybridized carbons (Fsp3) is 0.441. The largest absolute Gasteiger partial charge is 0.468 e. The lowest BCUT2D eigenvalue weighted by Crippen LogP contribution is -2.61. The van der Waals surface area contributed by atoms with Crippen LogP contribution in [0.4, 0.5) is 34.1 Å². The van der Waals surface area contributed by atoms with Gasteiger partial charge < -0.3 is 14.2 Å². The smallest absolute Gasteiger partial charge is 0.297 e. The number of furan rings is 1. The maximum absolute atomic E-state index is 7.74. The molecule has 0 spiro atoms. The minimum atomic E-state index is -0.117. The van der Waals surface area contributed by atoms with Crippen molar-refractivity contribution in [3.63, 3.8) is 0 Å². The Labute approximate surface area is 431 Å². The molecule has 0 unspecified atom stereocenters. The third-order valence-corrected chi connectivity index (χ3v) is 19.3. The highest BCUT2D eigenvalue weighted by molar-refractivity contribution is 7.00. The van der Waals surface area contributed by atoms with Gasteiger partial charge in [0.05, 0.1) is 17.0 Å². The average Bonchev–Trinajstić information content (AvgIpc) is 3.69.